The van der Waals surface area contributed by atoms with Crippen LogP contribution in [0.3, 0.4) is 0 Å². The molecule has 1 aromatic rings. The van der Waals surface area contributed by atoms with E-state index in [1.54, 1.807) is 19.1 Å². The van der Waals surface area contributed by atoms with Crippen LogP contribution in [0.2, 0.25) is 5.02 Å². The lowest BCUT2D eigenvalue weighted by molar-refractivity contribution is -0.143. The SMILES string of the molecule is CCC(C)C(NC(=O)C(C)Sc1ccc(Cl)cc1)C(=O)O. The maximum atomic E-state index is 12.1. The van der Waals surface area contributed by atoms with Crippen LogP contribution >= 0.6 is 23.4 Å². The number of rotatable bonds is 7. The Morgan fingerprint density at radius 2 is 1.86 bits per heavy atom. The first-order chi connectivity index (χ1) is 9.85. The zero-order valence-electron chi connectivity index (χ0n) is 12.3. The number of hydrogen-bond acceptors (Lipinski definition) is 3. The summed E-state index contributed by atoms with van der Waals surface area (Å²) in [6.45, 7) is 5.47. The Labute approximate surface area is 134 Å². The predicted molar refractivity (Wildman–Crippen MR) is 85.8 cm³/mol. The average Bonchev–Trinajstić information content (AvgIpc) is 2.45. The average molecular weight is 330 g/mol. The first kappa shape index (κ1) is 17.9. The van der Waals surface area contributed by atoms with Crippen LogP contribution in [0.15, 0.2) is 29.2 Å². The molecule has 1 amide bonds. The van der Waals surface area contributed by atoms with Crippen LogP contribution in [0.1, 0.15) is 27.2 Å². The molecule has 3 atom stereocenters. The molecule has 0 bridgehead atoms. The summed E-state index contributed by atoms with van der Waals surface area (Å²) in [6, 6.07) is 6.33. The van der Waals surface area contributed by atoms with Crippen LogP contribution in [0.25, 0.3) is 0 Å². The van der Waals surface area contributed by atoms with Gasteiger partial charge in [-0.1, -0.05) is 31.9 Å². The molecule has 1 rings (SSSR count). The Balaban J connectivity index is 2.64. The van der Waals surface area contributed by atoms with Crippen molar-refractivity contribution < 1.29 is 14.7 Å². The lowest BCUT2D eigenvalue weighted by atomic mass is 9.99. The van der Waals surface area contributed by atoms with Gasteiger partial charge in [-0.05, 0) is 37.1 Å². The summed E-state index contributed by atoms with van der Waals surface area (Å²) in [4.78, 5) is 24.3. The fraction of sp³-hybridized carbons (Fsp3) is 0.467. The van der Waals surface area contributed by atoms with Gasteiger partial charge in [-0.15, -0.1) is 11.8 Å². The molecule has 0 saturated carbocycles. The molecule has 3 unspecified atom stereocenters. The largest absolute Gasteiger partial charge is 0.480 e. The third-order valence-corrected chi connectivity index (χ3v) is 4.64. The minimum absolute atomic E-state index is 0.112. The summed E-state index contributed by atoms with van der Waals surface area (Å²) >= 11 is 7.18. The van der Waals surface area contributed by atoms with Crippen molar-refractivity contribution in [3.8, 4) is 0 Å². The Morgan fingerprint density at radius 1 is 1.29 bits per heavy atom. The fourth-order valence-corrected chi connectivity index (χ4v) is 2.73. The van der Waals surface area contributed by atoms with Gasteiger partial charge in [0.2, 0.25) is 5.91 Å². The molecule has 0 radical (unpaired) electrons. The number of carboxylic acids is 1. The molecular weight excluding hydrogens is 310 g/mol. The number of hydrogen-bond donors (Lipinski definition) is 2. The van der Waals surface area contributed by atoms with Crippen LogP contribution in [0, 0.1) is 5.92 Å². The lowest BCUT2D eigenvalue weighted by Crippen LogP contribution is -2.47. The van der Waals surface area contributed by atoms with Crippen molar-refractivity contribution in [3.05, 3.63) is 29.3 Å². The normalized spacial score (nSPS) is 15.0. The minimum atomic E-state index is -0.999. The van der Waals surface area contributed by atoms with Crippen molar-refractivity contribution in [2.75, 3.05) is 0 Å². The molecule has 4 nitrogen and oxygen atoms in total. The van der Waals surface area contributed by atoms with Gasteiger partial charge >= 0.3 is 5.97 Å². The summed E-state index contributed by atoms with van der Waals surface area (Å²) in [5.41, 5.74) is 0. The lowest BCUT2D eigenvalue weighted by Gasteiger charge is -2.22. The van der Waals surface area contributed by atoms with E-state index >= 15 is 0 Å². The number of nitrogens with one attached hydrogen (secondary N) is 1. The number of aliphatic carboxylic acids is 1. The van der Waals surface area contributed by atoms with Crippen LogP contribution in [-0.2, 0) is 9.59 Å². The maximum absolute atomic E-state index is 12.1. The van der Waals surface area contributed by atoms with E-state index in [9.17, 15) is 14.7 Å². The second-order valence-corrected chi connectivity index (χ2v) is 6.77. The standard InChI is InChI=1S/C15H20ClNO3S/c1-4-9(2)13(15(19)20)17-14(18)10(3)21-12-7-5-11(16)6-8-12/h5-10,13H,4H2,1-3H3,(H,17,18)(H,19,20). The Kier molecular flexibility index (Phi) is 7.05. The summed E-state index contributed by atoms with van der Waals surface area (Å²) in [5.74, 6) is -1.39. The van der Waals surface area contributed by atoms with Crippen molar-refractivity contribution in [1.29, 1.82) is 0 Å². The molecule has 0 heterocycles. The van der Waals surface area contributed by atoms with Gasteiger partial charge in [0.15, 0.2) is 0 Å². The first-order valence-electron chi connectivity index (χ1n) is 6.80. The zero-order chi connectivity index (χ0) is 16.0. The summed E-state index contributed by atoms with van der Waals surface area (Å²) in [6.07, 6.45) is 0.690. The molecule has 0 aliphatic heterocycles. The van der Waals surface area contributed by atoms with Gasteiger partial charge in [0, 0.05) is 9.92 Å². The molecule has 2 N–H and O–H groups in total. The fourth-order valence-electron chi connectivity index (χ4n) is 1.72. The van der Waals surface area contributed by atoms with Gasteiger partial charge in [-0.2, -0.15) is 0 Å². The van der Waals surface area contributed by atoms with Crippen molar-refractivity contribution in [2.45, 2.75) is 43.4 Å². The highest BCUT2D eigenvalue weighted by molar-refractivity contribution is 8.00. The smallest absolute Gasteiger partial charge is 0.326 e. The summed E-state index contributed by atoms with van der Waals surface area (Å²) in [5, 5.41) is 12.1. The predicted octanol–water partition coefficient (Wildman–Crippen LogP) is 3.44. The number of halogens is 1. The molecule has 6 heteroatoms. The molecule has 0 saturated heterocycles. The van der Waals surface area contributed by atoms with Crippen LogP contribution in [0.4, 0.5) is 0 Å². The van der Waals surface area contributed by atoms with Gasteiger partial charge in [0.1, 0.15) is 6.04 Å². The van der Waals surface area contributed by atoms with E-state index in [1.165, 1.54) is 11.8 Å². The van der Waals surface area contributed by atoms with Crippen molar-refractivity contribution in [3.63, 3.8) is 0 Å². The second kappa shape index (κ2) is 8.29. The quantitative estimate of drug-likeness (QED) is 0.752. The van der Waals surface area contributed by atoms with Gasteiger partial charge in [0.05, 0.1) is 5.25 Å². The Morgan fingerprint density at radius 3 is 2.33 bits per heavy atom. The van der Waals surface area contributed by atoms with Crippen molar-refractivity contribution >= 4 is 35.2 Å². The number of carbonyl (C=O) groups is 2. The molecule has 0 aromatic heterocycles. The van der Waals surface area contributed by atoms with Gasteiger partial charge in [-0.25, -0.2) is 4.79 Å². The van der Waals surface area contributed by atoms with E-state index in [0.717, 1.165) is 4.90 Å². The number of amides is 1. The first-order valence-corrected chi connectivity index (χ1v) is 8.06. The van der Waals surface area contributed by atoms with E-state index in [-0.39, 0.29) is 17.1 Å². The monoisotopic (exact) mass is 329 g/mol. The Hall–Kier alpha value is -1.20. The number of thioether (sulfide) groups is 1. The van der Waals surface area contributed by atoms with Crippen LogP contribution in [0.5, 0.6) is 0 Å². The third kappa shape index (κ3) is 5.59. The topological polar surface area (TPSA) is 66.4 Å². The Bertz CT molecular complexity index is 492. The highest BCUT2D eigenvalue weighted by Crippen LogP contribution is 2.25. The van der Waals surface area contributed by atoms with E-state index in [0.29, 0.717) is 11.4 Å². The molecule has 0 spiro atoms. The van der Waals surface area contributed by atoms with E-state index in [2.05, 4.69) is 5.32 Å². The van der Waals surface area contributed by atoms with E-state index < -0.39 is 12.0 Å². The van der Waals surface area contributed by atoms with Crippen molar-refractivity contribution in [1.82, 2.24) is 5.32 Å². The molecule has 1 aromatic carbocycles. The van der Waals surface area contributed by atoms with E-state index in [4.69, 9.17) is 11.6 Å². The molecule has 116 valence electrons. The molecule has 0 aliphatic carbocycles. The summed E-state index contributed by atoms with van der Waals surface area (Å²) in [7, 11) is 0. The minimum Gasteiger partial charge on any atom is -0.480 e. The van der Waals surface area contributed by atoms with Gasteiger partial charge < -0.3 is 10.4 Å². The zero-order valence-corrected chi connectivity index (χ0v) is 13.9. The second-order valence-electron chi connectivity index (χ2n) is 4.92. The number of carboxylic acid groups (broad SMARTS) is 1. The molecule has 0 fully saturated rings. The van der Waals surface area contributed by atoms with Gasteiger partial charge in [-0.3, -0.25) is 4.79 Å². The van der Waals surface area contributed by atoms with Crippen molar-refractivity contribution in [2.24, 2.45) is 5.92 Å². The van der Waals surface area contributed by atoms with Gasteiger partial charge in [0.25, 0.3) is 0 Å². The van der Waals surface area contributed by atoms with Crippen LogP contribution < -0.4 is 5.32 Å². The molecule has 21 heavy (non-hydrogen) atoms. The molecular formula is C15H20ClNO3S. The summed E-state index contributed by atoms with van der Waals surface area (Å²) < 4.78 is 0. The molecule has 0 aliphatic rings. The van der Waals surface area contributed by atoms with Crippen LogP contribution in [-0.4, -0.2) is 28.3 Å². The number of carbonyl (C=O) groups excluding carboxylic acids is 1. The van der Waals surface area contributed by atoms with E-state index in [1.807, 2.05) is 26.0 Å². The highest BCUT2D eigenvalue weighted by Gasteiger charge is 2.27. The maximum Gasteiger partial charge on any atom is 0.326 e. The third-order valence-electron chi connectivity index (χ3n) is 3.27. The number of benzene rings is 1. The highest BCUT2D eigenvalue weighted by atomic mass is 35.5.